The number of ether oxygens (including phenoxy) is 1. The van der Waals surface area contributed by atoms with Gasteiger partial charge in [0.1, 0.15) is 0 Å². The van der Waals surface area contributed by atoms with E-state index in [9.17, 15) is 8.42 Å². The maximum Gasteiger partial charge on any atom is 0.279 e. The Bertz CT molecular complexity index is 280. The zero-order chi connectivity index (χ0) is 11.3. The molecule has 0 radical (unpaired) electrons. The molecule has 0 aromatic heterocycles. The van der Waals surface area contributed by atoms with E-state index in [-0.39, 0.29) is 18.4 Å². The van der Waals surface area contributed by atoms with Crippen molar-refractivity contribution >= 4 is 22.6 Å². The summed E-state index contributed by atoms with van der Waals surface area (Å²) in [6, 6.07) is 0.126. The van der Waals surface area contributed by atoms with Crippen LogP contribution in [-0.2, 0) is 14.9 Å². The van der Waals surface area contributed by atoms with Crippen molar-refractivity contribution in [3.63, 3.8) is 0 Å². The Balaban J connectivity index is 0.00000225. The Morgan fingerprint density at radius 3 is 2.44 bits per heavy atom. The molecule has 1 aliphatic rings. The monoisotopic (exact) mass is 273 g/mol. The largest absolute Gasteiger partial charge is 0.379 e. The first-order valence-corrected chi connectivity index (χ1v) is 6.50. The summed E-state index contributed by atoms with van der Waals surface area (Å²) in [5.74, 6) is 0. The van der Waals surface area contributed by atoms with Crippen LogP contribution in [0.2, 0.25) is 0 Å². The molecule has 1 fully saturated rings. The fourth-order valence-electron chi connectivity index (χ4n) is 1.21. The van der Waals surface area contributed by atoms with E-state index in [1.165, 1.54) is 4.31 Å². The van der Waals surface area contributed by atoms with Crippen molar-refractivity contribution in [1.82, 2.24) is 14.3 Å². The molecule has 0 saturated carbocycles. The maximum atomic E-state index is 11.7. The average molecular weight is 274 g/mol. The standard InChI is InChI=1S/C8H19N3O3S.ClH/c1-8(9-2)7-10-15(12,13)11-3-5-14-6-4-11;/h8-10H,3-7H2,1-2H3;1H. The third-order valence-corrected chi connectivity index (χ3v) is 3.95. The number of halogens is 1. The molecule has 8 heteroatoms. The second-order valence-electron chi connectivity index (χ2n) is 3.55. The first-order chi connectivity index (χ1) is 7.06. The predicted molar refractivity (Wildman–Crippen MR) is 65.1 cm³/mol. The van der Waals surface area contributed by atoms with Crippen LogP contribution in [0.25, 0.3) is 0 Å². The topological polar surface area (TPSA) is 70.7 Å². The Labute approximate surface area is 103 Å². The van der Waals surface area contributed by atoms with Crippen molar-refractivity contribution < 1.29 is 13.2 Å². The number of nitrogens with zero attached hydrogens (tertiary/aromatic N) is 1. The van der Waals surface area contributed by atoms with Gasteiger partial charge in [0.25, 0.3) is 10.2 Å². The van der Waals surface area contributed by atoms with E-state index in [2.05, 4.69) is 10.0 Å². The average Bonchev–Trinajstić information content (AvgIpc) is 2.27. The predicted octanol–water partition coefficient (Wildman–Crippen LogP) is -0.817. The molecular weight excluding hydrogens is 254 g/mol. The van der Waals surface area contributed by atoms with Gasteiger partial charge >= 0.3 is 0 Å². The molecule has 1 saturated heterocycles. The fraction of sp³-hybridized carbons (Fsp3) is 1.00. The van der Waals surface area contributed by atoms with Crippen LogP contribution in [0.15, 0.2) is 0 Å². The highest BCUT2D eigenvalue weighted by Crippen LogP contribution is 2.02. The van der Waals surface area contributed by atoms with Crippen LogP contribution >= 0.6 is 12.4 Å². The quantitative estimate of drug-likeness (QED) is 0.687. The minimum absolute atomic E-state index is 0. The zero-order valence-electron chi connectivity index (χ0n) is 9.60. The number of morpholine rings is 1. The molecule has 1 atom stereocenters. The van der Waals surface area contributed by atoms with Gasteiger partial charge in [0, 0.05) is 25.7 Å². The fourth-order valence-corrected chi connectivity index (χ4v) is 2.48. The molecule has 0 aromatic carbocycles. The van der Waals surface area contributed by atoms with Crippen LogP contribution in [0.5, 0.6) is 0 Å². The van der Waals surface area contributed by atoms with Crippen LogP contribution < -0.4 is 10.0 Å². The minimum atomic E-state index is -3.33. The highest BCUT2D eigenvalue weighted by Gasteiger charge is 2.23. The molecule has 98 valence electrons. The van der Waals surface area contributed by atoms with Crippen LogP contribution in [0, 0.1) is 0 Å². The van der Waals surface area contributed by atoms with Crippen molar-refractivity contribution in [2.45, 2.75) is 13.0 Å². The molecule has 0 aliphatic carbocycles. The molecule has 2 N–H and O–H groups in total. The van der Waals surface area contributed by atoms with Gasteiger partial charge in [-0.25, -0.2) is 4.72 Å². The summed E-state index contributed by atoms with van der Waals surface area (Å²) in [5, 5.41) is 2.97. The molecule has 1 heterocycles. The Hall–Kier alpha value is 0.0800. The Morgan fingerprint density at radius 2 is 1.94 bits per heavy atom. The molecule has 1 rings (SSSR count). The summed E-state index contributed by atoms with van der Waals surface area (Å²) < 4.78 is 32.5. The first kappa shape index (κ1) is 16.1. The minimum Gasteiger partial charge on any atom is -0.379 e. The summed E-state index contributed by atoms with van der Waals surface area (Å²) in [4.78, 5) is 0. The van der Waals surface area contributed by atoms with Gasteiger partial charge < -0.3 is 10.1 Å². The smallest absolute Gasteiger partial charge is 0.279 e. The Kier molecular flexibility index (Phi) is 7.45. The highest BCUT2D eigenvalue weighted by molar-refractivity contribution is 7.87. The second kappa shape index (κ2) is 7.41. The van der Waals surface area contributed by atoms with E-state index in [0.29, 0.717) is 32.8 Å². The van der Waals surface area contributed by atoms with Crippen molar-refractivity contribution in [2.75, 3.05) is 39.9 Å². The summed E-state index contributed by atoms with van der Waals surface area (Å²) in [7, 11) is -1.53. The number of likely N-dealkylation sites (N-methyl/N-ethyl adjacent to an activating group) is 1. The van der Waals surface area contributed by atoms with Gasteiger partial charge in [-0.15, -0.1) is 12.4 Å². The van der Waals surface area contributed by atoms with Crippen LogP contribution in [0.3, 0.4) is 0 Å². The molecule has 6 nitrogen and oxygen atoms in total. The molecule has 0 bridgehead atoms. The normalized spacial score (nSPS) is 20.1. The third-order valence-electron chi connectivity index (χ3n) is 2.37. The lowest BCUT2D eigenvalue weighted by Gasteiger charge is -2.26. The molecule has 0 aromatic rings. The lowest BCUT2D eigenvalue weighted by molar-refractivity contribution is 0.0725. The van der Waals surface area contributed by atoms with E-state index in [1.807, 2.05) is 6.92 Å². The van der Waals surface area contributed by atoms with E-state index >= 15 is 0 Å². The van der Waals surface area contributed by atoms with Gasteiger partial charge in [-0.3, -0.25) is 0 Å². The van der Waals surface area contributed by atoms with E-state index in [4.69, 9.17) is 4.74 Å². The number of hydrogen-bond donors (Lipinski definition) is 2. The molecular formula is C8H20ClN3O3S. The van der Waals surface area contributed by atoms with E-state index in [0.717, 1.165) is 0 Å². The third kappa shape index (κ3) is 4.94. The van der Waals surface area contributed by atoms with Crippen LogP contribution in [0.4, 0.5) is 0 Å². The number of hydrogen-bond acceptors (Lipinski definition) is 4. The van der Waals surface area contributed by atoms with Gasteiger partial charge in [-0.2, -0.15) is 12.7 Å². The summed E-state index contributed by atoms with van der Waals surface area (Å²) in [6.07, 6.45) is 0. The van der Waals surface area contributed by atoms with Crippen molar-refractivity contribution in [1.29, 1.82) is 0 Å². The summed E-state index contributed by atoms with van der Waals surface area (Å²) >= 11 is 0. The van der Waals surface area contributed by atoms with E-state index in [1.54, 1.807) is 7.05 Å². The first-order valence-electron chi connectivity index (χ1n) is 5.06. The lowest BCUT2D eigenvalue weighted by atomic mass is 10.4. The van der Waals surface area contributed by atoms with Crippen molar-refractivity contribution in [2.24, 2.45) is 0 Å². The van der Waals surface area contributed by atoms with Gasteiger partial charge in [0.05, 0.1) is 13.2 Å². The van der Waals surface area contributed by atoms with Gasteiger partial charge in [-0.1, -0.05) is 0 Å². The van der Waals surface area contributed by atoms with Crippen molar-refractivity contribution in [3.8, 4) is 0 Å². The lowest BCUT2D eigenvalue weighted by Crippen LogP contribution is -2.49. The molecule has 0 amide bonds. The maximum absolute atomic E-state index is 11.7. The highest BCUT2D eigenvalue weighted by atomic mass is 35.5. The van der Waals surface area contributed by atoms with Crippen LogP contribution in [0.1, 0.15) is 6.92 Å². The molecule has 1 unspecified atom stereocenters. The van der Waals surface area contributed by atoms with E-state index < -0.39 is 10.2 Å². The summed E-state index contributed by atoms with van der Waals surface area (Å²) in [6.45, 7) is 4.13. The van der Waals surface area contributed by atoms with Crippen molar-refractivity contribution in [3.05, 3.63) is 0 Å². The SMILES string of the molecule is CNC(C)CNS(=O)(=O)N1CCOCC1.Cl. The molecule has 0 spiro atoms. The number of nitrogens with one attached hydrogen (secondary N) is 2. The van der Waals surface area contributed by atoms with Gasteiger partial charge in [-0.05, 0) is 14.0 Å². The van der Waals surface area contributed by atoms with Gasteiger partial charge in [0.2, 0.25) is 0 Å². The summed E-state index contributed by atoms with van der Waals surface area (Å²) in [5.41, 5.74) is 0. The molecule has 16 heavy (non-hydrogen) atoms. The second-order valence-corrected chi connectivity index (χ2v) is 5.31. The number of rotatable bonds is 5. The van der Waals surface area contributed by atoms with Gasteiger partial charge in [0.15, 0.2) is 0 Å². The molecule has 1 aliphatic heterocycles. The zero-order valence-corrected chi connectivity index (χ0v) is 11.2. The Morgan fingerprint density at radius 1 is 1.38 bits per heavy atom. The van der Waals surface area contributed by atoms with Crippen LogP contribution in [-0.4, -0.2) is 58.7 Å².